The number of aliphatic hydroxyl groups excluding tert-OH is 1. The van der Waals surface area contributed by atoms with Gasteiger partial charge in [0.1, 0.15) is 0 Å². The van der Waals surface area contributed by atoms with E-state index in [1.165, 1.54) is 0 Å². The molecule has 1 aromatic rings. The van der Waals surface area contributed by atoms with Gasteiger partial charge in [0.2, 0.25) is 0 Å². The third-order valence-electron chi connectivity index (χ3n) is 2.50. The molecule has 0 heterocycles. The summed E-state index contributed by atoms with van der Waals surface area (Å²) in [7, 11) is 0. The minimum atomic E-state index is -0.575. The maximum absolute atomic E-state index is 10.1. The Morgan fingerprint density at radius 2 is 1.53 bits per heavy atom. The third kappa shape index (κ3) is 4.87. The van der Waals surface area contributed by atoms with E-state index in [4.69, 9.17) is 5.73 Å². The largest absolute Gasteiger partial charge is 0.391 e. The Labute approximate surface area is 126 Å². The van der Waals surface area contributed by atoms with Crippen LogP contribution in [0.5, 0.6) is 0 Å². The molecule has 1 rings (SSSR count). The number of hydrogen-bond donors (Lipinski definition) is 2. The molecule has 0 spiro atoms. The number of halogens is 3. The lowest BCUT2D eigenvalue weighted by Gasteiger charge is -2.31. The maximum atomic E-state index is 10.1. The second-order valence-electron chi connectivity index (χ2n) is 5.04. The lowest BCUT2D eigenvalue weighted by atomic mass is 9.82. The first-order valence-electron chi connectivity index (χ1n) is 5.11. The van der Waals surface area contributed by atoms with Gasteiger partial charge < -0.3 is 10.8 Å². The number of benzene rings is 1. The van der Waals surface area contributed by atoms with Crippen LogP contribution in [0.3, 0.4) is 0 Å². The van der Waals surface area contributed by atoms with Crippen LogP contribution in [-0.2, 0) is 0 Å². The van der Waals surface area contributed by atoms with E-state index in [9.17, 15) is 5.11 Å². The van der Waals surface area contributed by atoms with Crippen molar-refractivity contribution in [3.05, 3.63) is 32.7 Å². The van der Waals surface area contributed by atoms with E-state index in [0.717, 1.165) is 14.5 Å². The summed E-state index contributed by atoms with van der Waals surface area (Å²) in [5, 5.41) is 10.1. The first-order valence-corrected chi connectivity index (χ1v) is 6.70. The van der Waals surface area contributed by atoms with Crippen LogP contribution in [-0.4, -0.2) is 11.2 Å². The number of nitrogens with two attached hydrogens (primary N) is 1. The fraction of sp³-hybridized carbons (Fsp3) is 0.500. The first-order chi connectivity index (χ1) is 7.21. The summed E-state index contributed by atoms with van der Waals surface area (Å²) >= 11 is 6.83. The summed E-state index contributed by atoms with van der Waals surface area (Å²) in [5.74, 6) is 0. The molecule has 2 nitrogen and oxygen atoms in total. The van der Waals surface area contributed by atoms with E-state index >= 15 is 0 Å². The van der Waals surface area contributed by atoms with Gasteiger partial charge in [0.05, 0.1) is 12.1 Å². The second-order valence-corrected chi connectivity index (χ2v) is 6.87. The summed E-state index contributed by atoms with van der Waals surface area (Å²) in [6.07, 6.45) is -0.575. The molecule has 1 aromatic carbocycles. The number of rotatable bonds is 2. The van der Waals surface area contributed by atoms with Crippen LogP contribution in [0.1, 0.15) is 32.4 Å². The number of aliphatic hydroxyl groups is 1. The highest BCUT2D eigenvalue weighted by Crippen LogP contribution is 2.31. The molecule has 0 aliphatic carbocycles. The minimum Gasteiger partial charge on any atom is -0.391 e. The predicted octanol–water partition coefficient (Wildman–Crippen LogP) is 4.04. The van der Waals surface area contributed by atoms with E-state index in [1.807, 2.05) is 39.0 Å². The average molecular weight is 388 g/mol. The Bertz CT molecular complexity index is 359. The van der Waals surface area contributed by atoms with Gasteiger partial charge in [-0.3, -0.25) is 0 Å². The van der Waals surface area contributed by atoms with E-state index in [1.54, 1.807) is 0 Å². The Hall–Kier alpha value is 0.390. The molecule has 0 bridgehead atoms. The van der Waals surface area contributed by atoms with Crippen molar-refractivity contribution in [3.8, 4) is 0 Å². The van der Waals surface area contributed by atoms with Gasteiger partial charge in [-0.1, -0.05) is 52.6 Å². The maximum Gasteiger partial charge on any atom is 0.0780 e. The molecule has 0 aromatic heterocycles. The van der Waals surface area contributed by atoms with Gasteiger partial charge >= 0.3 is 0 Å². The Morgan fingerprint density at radius 1 is 1.12 bits per heavy atom. The topological polar surface area (TPSA) is 46.2 Å². The van der Waals surface area contributed by atoms with Crippen LogP contribution in [0, 0.1) is 5.41 Å². The quantitative estimate of drug-likeness (QED) is 0.804. The van der Waals surface area contributed by atoms with E-state index in [2.05, 4.69) is 31.9 Å². The van der Waals surface area contributed by atoms with Crippen LogP contribution >= 0.6 is 44.3 Å². The zero-order chi connectivity index (χ0) is 12.5. The fourth-order valence-corrected chi connectivity index (χ4v) is 2.82. The molecule has 0 aliphatic rings. The molecule has 17 heavy (non-hydrogen) atoms. The molecule has 0 unspecified atom stereocenters. The Balaban J connectivity index is 0.00000256. The van der Waals surface area contributed by atoms with Crippen molar-refractivity contribution in [2.24, 2.45) is 11.1 Å². The molecule has 2 atom stereocenters. The van der Waals surface area contributed by atoms with E-state index in [0.29, 0.717) is 0 Å². The molecule has 0 amide bonds. The van der Waals surface area contributed by atoms with Crippen LogP contribution in [0.2, 0.25) is 0 Å². The van der Waals surface area contributed by atoms with Crippen molar-refractivity contribution in [2.45, 2.75) is 32.9 Å². The highest BCUT2D eigenvalue weighted by molar-refractivity contribution is 9.11. The van der Waals surface area contributed by atoms with Crippen molar-refractivity contribution >= 4 is 44.3 Å². The average Bonchev–Trinajstić information content (AvgIpc) is 2.12. The smallest absolute Gasteiger partial charge is 0.0780 e. The number of hydrogen-bond acceptors (Lipinski definition) is 2. The van der Waals surface area contributed by atoms with Crippen LogP contribution in [0.4, 0.5) is 0 Å². The monoisotopic (exact) mass is 385 g/mol. The zero-order valence-corrected chi connectivity index (χ0v) is 14.1. The zero-order valence-electron chi connectivity index (χ0n) is 10.1. The first kappa shape index (κ1) is 17.4. The van der Waals surface area contributed by atoms with Crippen molar-refractivity contribution in [1.29, 1.82) is 0 Å². The van der Waals surface area contributed by atoms with Gasteiger partial charge in [0, 0.05) is 8.95 Å². The Kier molecular flexibility index (Phi) is 6.68. The SMILES string of the molecule is CC(C)(C)[C@@H](O)[C@@H](N)c1cc(Br)cc(Br)c1.Cl. The van der Waals surface area contributed by atoms with Crippen molar-refractivity contribution in [2.75, 3.05) is 0 Å². The third-order valence-corrected chi connectivity index (χ3v) is 3.41. The summed E-state index contributed by atoms with van der Waals surface area (Å²) in [5.41, 5.74) is 6.76. The summed E-state index contributed by atoms with van der Waals surface area (Å²) in [4.78, 5) is 0. The van der Waals surface area contributed by atoms with Crippen molar-refractivity contribution in [3.63, 3.8) is 0 Å². The highest BCUT2D eigenvalue weighted by Gasteiger charge is 2.29. The summed E-state index contributed by atoms with van der Waals surface area (Å²) in [6, 6.07) is 5.43. The lowest BCUT2D eigenvalue weighted by Crippen LogP contribution is -2.36. The van der Waals surface area contributed by atoms with Gasteiger partial charge in [0.15, 0.2) is 0 Å². The molecular weight excluding hydrogens is 369 g/mol. The molecule has 0 fully saturated rings. The van der Waals surface area contributed by atoms with Gasteiger partial charge in [-0.15, -0.1) is 12.4 Å². The van der Waals surface area contributed by atoms with Gasteiger partial charge in [0.25, 0.3) is 0 Å². The molecule has 3 N–H and O–H groups in total. The Morgan fingerprint density at radius 3 is 1.88 bits per heavy atom. The highest BCUT2D eigenvalue weighted by atomic mass is 79.9. The molecule has 0 radical (unpaired) electrons. The molecule has 98 valence electrons. The minimum absolute atomic E-state index is 0. The lowest BCUT2D eigenvalue weighted by molar-refractivity contribution is 0.0401. The molecule has 5 heteroatoms. The van der Waals surface area contributed by atoms with E-state index < -0.39 is 6.10 Å². The standard InChI is InChI=1S/C12H17Br2NO.ClH/c1-12(2,3)11(16)10(15)7-4-8(13)6-9(14)5-7;/h4-6,10-11,16H,15H2,1-3H3;1H/t10-,11-;/m0./s1. The van der Waals surface area contributed by atoms with Crippen LogP contribution in [0.15, 0.2) is 27.1 Å². The van der Waals surface area contributed by atoms with Gasteiger partial charge in [-0.05, 0) is 29.2 Å². The van der Waals surface area contributed by atoms with Crippen molar-refractivity contribution < 1.29 is 5.11 Å². The molecule has 0 saturated heterocycles. The second kappa shape index (κ2) is 6.53. The fourth-order valence-electron chi connectivity index (χ4n) is 1.49. The molecular formula is C12H18Br2ClNO. The predicted molar refractivity (Wildman–Crippen MR) is 81.5 cm³/mol. The summed E-state index contributed by atoms with van der Waals surface area (Å²) in [6.45, 7) is 5.93. The van der Waals surface area contributed by atoms with Crippen LogP contribution < -0.4 is 5.73 Å². The molecule has 0 aliphatic heterocycles. The normalized spacial score (nSPS) is 15.0. The van der Waals surface area contributed by atoms with E-state index in [-0.39, 0.29) is 23.9 Å². The molecule has 0 saturated carbocycles. The van der Waals surface area contributed by atoms with Crippen molar-refractivity contribution in [1.82, 2.24) is 0 Å². The van der Waals surface area contributed by atoms with Crippen LogP contribution in [0.25, 0.3) is 0 Å². The summed E-state index contributed by atoms with van der Waals surface area (Å²) < 4.78 is 1.90. The van der Waals surface area contributed by atoms with Gasteiger partial charge in [-0.2, -0.15) is 0 Å². The van der Waals surface area contributed by atoms with Gasteiger partial charge in [-0.25, -0.2) is 0 Å².